The van der Waals surface area contributed by atoms with Crippen molar-refractivity contribution in [3.8, 4) is 6.07 Å². The van der Waals surface area contributed by atoms with Gasteiger partial charge in [-0.2, -0.15) is 5.26 Å². The van der Waals surface area contributed by atoms with E-state index in [9.17, 15) is 9.90 Å². The van der Waals surface area contributed by atoms with Crippen molar-refractivity contribution in [1.82, 2.24) is 0 Å². The topological polar surface area (TPSA) is 63.9 Å². The number of hydrogen-bond acceptors (Lipinski definition) is 3. The Hall–Kier alpha value is -1.04. The number of nitriles is 1. The number of nitrogens with zero attached hydrogens (tertiary/aromatic N) is 1. The molecule has 0 saturated carbocycles. The van der Waals surface area contributed by atoms with Gasteiger partial charge in [0.1, 0.15) is 0 Å². The van der Waals surface area contributed by atoms with Crippen molar-refractivity contribution < 1.29 is 9.90 Å². The summed E-state index contributed by atoms with van der Waals surface area (Å²) in [5, 5.41) is 18.4. The molecule has 0 aliphatic carbocycles. The SMILES string of the molecule is N#CCCCCCCCCCCC(=O)[O-]. The van der Waals surface area contributed by atoms with Gasteiger partial charge in [0, 0.05) is 12.4 Å². The van der Waals surface area contributed by atoms with E-state index < -0.39 is 5.97 Å². The van der Waals surface area contributed by atoms with Crippen LogP contribution >= 0.6 is 0 Å². The maximum atomic E-state index is 10.1. The molecule has 0 N–H and O–H groups in total. The Kier molecular flexibility index (Phi) is 10.3. The average Bonchev–Trinajstić information content (AvgIpc) is 2.20. The van der Waals surface area contributed by atoms with Gasteiger partial charge in [0.05, 0.1) is 6.07 Å². The van der Waals surface area contributed by atoms with Crippen LogP contribution in [0.1, 0.15) is 64.2 Å². The fourth-order valence-corrected chi connectivity index (χ4v) is 1.53. The zero-order valence-electron chi connectivity index (χ0n) is 9.33. The second kappa shape index (κ2) is 11.0. The number of rotatable bonds is 10. The molecule has 0 aliphatic heterocycles. The summed E-state index contributed by atoms with van der Waals surface area (Å²) in [6.45, 7) is 0. The van der Waals surface area contributed by atoms with Gasteiger partial charge >= 0.3 is 0 Å². The van der Waals surface area contributed by atoms with Crippen LogP contribution in [0.4, 0.5) is 0 Å². The lowest BCUT2D eigenvalue weighted by atomic mass is 10.1. The van der Waals surface area contributed by atoms with Gasteiger partial charge in [-0.05, 0) is 19.3 Å². The number of carboxylic acids is 1. The van der Waals surface area contributed by atoms with Crippen LogP contribution in [0.15, 0.2) is 0 Å². The largest absolute Gasteiger partial charge is 0.550 e. The van der Waals surface area contributed by atoms with Gasteiger partial charge < -0.3 is 9.90 Å². The maximum absolute atomic E-state index is 10.1. The average molecular weight is 210 g/mol. The van der Waals surface area contributed by atoms with Crippen LogP contribution in [0, 0.1) is 11.3 Å². The molecule has 3 nitrogen and oxygen atoms in total. The van der Waals surface area contributed by atoms with E-state index in [0.717, 1.165) is 32.1 Å². The summed E-state index contributed by atoms with van der Waals surface area (Å²) in [5.41, 5.74) is 0. The molecule has 3 heteroatoms. The Bertz CT molecular complexity index is 196. The molecule has 0 spiro atoms. The second-order valence-corrected chi connectivity index (χ2v) is 3.86. The summed E-state index contributed by atoms with van der Waals surface area (Å²) in [6.07, 6.45) is 9.47. The van der Waals surface area contributed by atoms with E-state index in [-0.39, 0.29) is 6.42 Å². The quantitative estimate of drug-likeness (QED) is 0.519. The molecule has 0 aromatic heterocycles. The molecule has 0 atom stereocenters. The molecule has 0 saturated heterocycles. The van der Waals surface area contributed by atoms with Crippen LogP contribution in [-0.4, -0.2) is 5.97 Å². The van der Waals surface area contributed by atoms with E-state index >= 15 is 0 Å². The van der Waals surface area contributed by atoms with Crippen LogP contribution in [0.25, 0.3) is 0 Å². The van der Waals surface area contributed by atoms with E-state index in [2.05, 4.69) is 6.07 Å². The first-order chi connectivity index (χ1) is 7.27. The third-order valence-corrected chi connectivity index (χ3v) is 2.42. The predicted molar refractivity (Wildman–Crippen MR) is 56.8 cm³/mol. The summed E-state index contributed by atoms with van der Waals surface area (Å²) in [6, 6.07) is 2.14. The van der Waals surface area contributed by atoms with Gasteiger partial charge in [-0.3, -0.25) is 0 Å². The van der Waals surface area contributed by atoms with Crippen LogP contribution in [0.3, 0.4) is 0 Å². The molecule has 15 heavy (non-hydrogen) atoms. The Labute approximate surface area is 92.1 Å². The van der Waals surface area contributed by atoms with E-state index in [0.29, 0.717) is 6.42 Å². The summed E-state index contributed by atoms with van der Waals surface area (Å²) in [5.74, 6) is -0.938. The number of carbonyl (C=O) groups is 1. The molecular formula is C12H20NO2-. The van der Waals surface area contributed by atoms with Crippen LogP contribution in [0.5, 0.6) is 0 Å². The maximum Gasteiger partial charge on any atom is 0.0621 e. The smallest absolute Gasteiger partial charge is 0.0621 e. The first-order valence-electron chi connectivity index (χ1n) is 5.84. The Balaban J connectivity index is 2.93. The lowest BCUT2D eigenvalue weighted by molar-refractivity contribution is -0.305. The lowest BCUT2D eigenvalue weighted by Crippen LogP contribution is -2.21. The lowest BCUT2D eigenvalue weighted by Gasteiger charge is -2.02. The second-order valence-electron chi connectivity index (χ2n) is 3.86. The van der Waals surface area contributed by atoms with Crippen molar-refractivity contribution in [3.63, 3.8) is 0 Å². The molecule has 0 amide bonds. The van der Waals surface area contributed by atoms with Crippen molar-refractivity contribution in [3.05, 3.63) is 0 Å². The van der Waals surface area contributed by atoms with Gasteiger partial charge in [0.25, 0.3) is 0 Å². The molecule has 0 aliphatic rings. The monoisotopic (exact) mass is 210 g/mol. The van der Waals surface area contributed by atoms with Gasteiger partial charge in [-0.15, -0.1) is 0 Å². The number of hydrogen-bond donors (Lipinski definition) is 0. The third kappa shape index (κ3) is 13.0. The van der Waals surface area contributed by atoms with Crippen LogP contribution in [-0.2, 0) is 4.79 Å². The zero-order chi connectivity index (χ0) is 11.4. The van der Waals surface area contributed by atoms with Crippen molar-refractivity contribution in [2.24, 2.45) is 0 Å². The normalized spacial score (nSPS) is 9.80. The fraction of sp³-hybridized carbons (Fsp3) is 0.833. The van der Waals surface area contributed by atoms with E-state index in [1.54, 1.807) is 0 Å². The van der Waals surface area contributed by atoms with Crippen molar-refractivity contribution in [2.75, 3.05) is 0 Å². The Morgan fingerprint density at radius 2 is 1.40 bits per heavy atom. The fourth-order valence-electron chi connectivity index (χ4n) is 1.53. The van der Waals surface area contributed by atoms with Crippen molar-refractivity contribution in [1.29, 1.82) is 5.26 Å². The molecule has 0 heterocycles. The molecule has 0 aromatic carbocycles. The van der Waals surface area contributed by atoms with Gasteiger partial charge in [0.15, 0.2) is 0 Å². The summed E-state index contributed by atoms with van der Waals surface area (Å²) in [7, 11) is 0. The zero-order valence-corrected chi connectivity index (χ0v) is 9.33. The number of carboxylic acid groups (broad SMARTS) is 1. The van der Waals surface area contributed by atoms with E-state index in [1.807, 2.05) is 0 Å². The molecule has 0 unspecified atom stereocenters. The molecule has 86 valence electrons. The number of unbranched alkanes of at least 4 members (excludes halogenated alkanes) is 8. The summed E-state index contributed by atoms with van der Waals surface area (Å²) in [4.78, 5) is 10.1. The minimum Gasteiger partial charge on any atom is -0.550 e. The Morgan fingerprint density at radius 3 is 1.87 bits per heavy atom. The van der Waals surface area contributed by atoms with Gasteiger partial charge in [-0.1, -0.05) is 38.5 Å². The molecule has 0 radical (unpaired) electrons. The first-order valence-corrected chi connectivity index (χ1v) is 5.84. The van der Waals surface area contributed by atoms with E-state index in [1.165, 1.54) is 19.3 Å². The molecule has 0 aromatic rings. The highest BCUT2D eigenvalue weighted by atomic mass is 16.4. The Morgan fingerprint density at radius 1 is 0.933 bits per heavy atom. The highest BCUT2D eigenvalue weighted by Crippen LogP contribution is 2.10. The minimum absolute atomic E-state index is 0.197. The standard InChI is InChI=1S/C12H21NO2/c13-11-9-7-5-3-1-2-4-6-8-10-12(14)15/h1-10H2,(H,14,15)/p-1. The van der Waals surface area contributed by atoms with Crippen LogP contribution < -0.4 is 5.11 Å². The van der Waals surface area contributed by atoms with Gasteiger partial charge in [-0.25, -0.2) is 0 Å². The molecule has 0 fully saturated rings. The third-order valence-electron chi connectivity index (χ3n) is 2.42. The number of aliphatic carboxylic acids is 1. The molecular weight excluding hydrogens is 190 g/mol. The number of carbonyl (C=O) groups excluding carboxylic acids is 1. The first kappa shape index (κ1) is 14.0. The summed E-state index contributed by atoms with van der Waals surface area (Å²) < 4.78 is 0. The molecule has 0 bridgehead atoms. The van der Waals surface area contributed by atoms with Crippen molar-refractivity contribution >= 4 is 5.97 Å². The van der Waals surface area contributed by atoms with Crippen LogP contribution in [0.2, 0.25) is 0 Å². The highest BCUT2D eigenvalue weighted by molar-refractivity contribution is 5.63. The van der Waals surface area contributed by atoms with Gasteiger partial charge in [0.2, 0.25) is 0 Å². The van der Waals surface area contributed by atoms with E-state index in [4.69, 9.17) is 5.26 Å². The minimum atomic E-state index is -0.938. The molecule has 0 rings (SSSR count). The highest BCUT2D eigenvalue weighted by Gasteiger charge is 1.92. The van der Waals surface area contributed by atoms with Crippen molar-refractivity contribution in [2.45, 2.75) is 64.2 Å². The summed E-state index contributed by atoms with van der Waals surface area (Å²) >= 11 is 0. The predicted octanol–water partition coefficient (Wildman–Crippen LogP) is 2.16.